The maximum absolute atomic E-state index is 10.6. The summed E-state index contributed by atoms with van der Waals surface area (Å²) < 4.78 is 4.76. The van der Waals surface area contributed by atoms with Gasteiger partial charge in [0.1, 0.15) is 6.61 Å². The molecule has 0 fully saturated rings. The fourth-order valence-corrected chi connectivity index (χ4v) is 2.21. The van der Waals surface area contributed by atoms with E-state index in [2.05, 4.69) is 50.4 Å². The summed E-state index contributed by atoms with van der Waals surface area (Å²) in [6.07, 6.45) is 0.344. The van der Waals surface area contributed by atoms with Crippen LogP contribution in [0.4, 0.5) is 16.2 Å². The SMILES string of the molecule is CCC(C)(C)c1ccc(Nc2ccc(COC(N)=O)cc2)cc1. The van der Waals surface area contributed by atoms with Gasteiger partial charge >= 0.3 is 6.09 Å². The quantitative estimate of drug-likeness (QED) is 0.811. The van der Waals surface area contributed by atoms with E-state index in [-0.39, 0.29) is 12.0 Å². The van der Waals surface area contributed by atoms with E-state index in [1.165, 1.54) is 5.56 Å². The highest BCUT2D eigenvalue weighted by Gasteiger charge is 2.17. The minimum atomic E-state index is -0.762. The molecule has 0 radical (unpaired) electrons. The van der Waals surface area contributed by atoms with Crippen molar-refractivity contribution in [2.75, 3.05) is 5.32 Å². The molecule has 2 rings (SSSR count). The number of rotatable bonds is 6. The maximum atomic E-state index is 10.6. The van der Waals surface area contributed by atoms with E-state index in [1.807, 2.05) is 24.3 Å². The highest BCUT2D eigenvalue weighted by Crippen LogP contribution is 2.28. The van der Waals surface area contributed by atoms with E-state index in [9.17, 15) is 4.79 Å². The molecule has 0 aromatic heterocycles. The first kappa shape index (κ1) is 16.9. The molecule has 0 heterocycles. The van der Waals surface area contributed by atoms with E-state index in [0.717, 1.165) is 23.4 Å². The standard InChI is InChI=1S/C19H24N2O2/c1-4-19(2,3)15-7-11-17(12-8-15)21-16-9-5-14(6-10-16)13-23-18(20)22/h5-12,21H,4,13H2,1-3H3,(H2,20,22). The molecular formula is C19H24N2O2. The normalized spacial score (nSPS) is 11.1. The Labute approximate surface area is 137 Å². The summed E-state index contributed by atoms with van der Waals surface area (Å²) in [7, 11) is 0. The van der Waals surface area contributed by atoms with Gasteiger partial charge in [-0.3, -0.25) is 0 Å². The summed E-state index contributed by atoms with van der Waals surface area (Å²) in [5.74, 6) is 0. The van der Waals surface area contributed by atoms with Crippen molar-refractivity contribution in [3.05, 3.63) is 59.7 Å². The van der Waals surface area contributed by atoms with Crippen LogP contribution in [0.3, 0.4) is 0 Å². The van der Waals surface area contributed by atoms with Gasteiger partial charge in [0.2, 0.25) is 0 Å². The van der Waals surface area contributed by atoms with Crippen LogP contribution in [0.5, 0.6) is 0 Å². The first-order valence-corrected chi connectivity index (χ1v) is 7.79. The molecular weight excluding hydrogens is 288 g/mol. The summed E-state index contributed by atoms with van der Waals surface area (Å²) in [6, 6.07) is 16.2. The van der Waals surface area contributed by atoms with Gasteiger partial charge < -0.3 is 15.8 Å². The number of carbonyl (C=O) groups is 1. The van der Waals surface area contributed by atoms with Gasteiger partial charge in [0.25, 0.3) is 0 Å². The van der Waals surface area contributed by atoms with Crippen LogP contribution in [0.1, 0.15) is 38.3 Å². The van der Waals surface area contributed by atoms with Gasteiger partial charge in [-0.05, 0) is 47.2 Å². The molecule has 0 bridgehead atoms. The number of carbonyl (C=O) groups excluding carboxylic acids is 1. The van der Waals surface area contributed by atoms with Gasteiger partial charge in [-0.25, -0.2) is 4.79 Å². The van der Waals surface area contributed by atoms with E-state index in [0.29, 0.717) is 0 Å². The molecule has 0 atom stereocenters. The summed E-state index contributed by atoms with van der Waals surface area (Å²) in [5.41, 5.74) is 9.41. The van der Waals surface area contributed by atoms with Gasteiger partial charge in [-0.15, -0.1) is 0 Å². The fraction of sp³-hybridized carbons (Fsp3) is 0.316. The number of primary amides is 1. The highest BCUT2D eigenvalue weighted by atomic mass is 16.5. The number of amides is 1. The predicted molar refractivity (Wildman–Crippen MR) is 93.9 cm³/mol. The Morgan fingerprint density at radius 1 is 1.04 bits per heavy atom. The van der Waals surface area contributed by atoms with Crippen molar-refractivity contribution in [2.45, 2.75) is 39.2 Å². The fourth-order valence-electron chi connectivity index (χ4n) is 2.21. The largest absolute Gasteiger partial charge is 0.445 e. The Morgan fingerprint density at radius 3 is 2.04 bits per heavy atom. The number of anilines is 2. The second-order valence-corrected chi connectivity index (χ2v) is 6.24. The summed E-state index contributed by atoms with van der Waals surface area (Å²) in [4.78, 5) is 10.6. The minimum absolute atomic E-state index is 0.191. The molecule has 0 aliphatic carbocycles. The Bertz CT molecular complexity index is 646. The van der Waals surface area contributed by atoms with Crippen molar-refractivity contribution >= 4 is 17.5 Å². The molecule has 0 saturated heterocycles. The lowest BCUT2D eigenvalue weighted by atomic mass is 9.82. The second kappa shape index (κ2) is 7.18. The summed E-state index contributed by atoms with van der Waals surface area (Å²) in [5, 5.41) is 3.36. The molecule has 1 amide bonds. The topological polar surface area (TPSA) is 64.3 Å². The van der Waals surface area contributed by atoms with E-state index >= 15 is 0 Å². The van der Waals surface area contributed by atoms with Crippen molar-refractivity contribution in [1.29, 1.82) is 0 Å². The summed E-state index contributed by atoms with van der Waals surface area (Å²) >= 11 is 0. The van der Waals surface area contributed by atoms with Crippen LogP contribution in [0, 0.1) is 0 Å². The minimum Gasteiger partial charge on any atom is -0.445 e. The Kier molecular flexibility index (Phi) is 5.27. The molecule has 4 nitrogen and oxygen atoms in total. The van der Waals surface area contributed by atoms with Crippen LogP contribution in [0.15, 0.2) is 48.5 Å². The zero-order valence-corrected chi connectivity index (χ0v) is 13.9. The third kappa shape index (κ3) is 4.74. The molecule has 4 heteroatoms. The first-order chi connectivity index (χ1) is 10.9. The molecule has 23 heavy (non-hydrogen) atoms. The van der Waals surface area contributed by atoms with Gasteiger partial charge in [0.05, 0.1) is 0 Å². The monoisotopic (exact) mass is 312 g/mol. The predicted octanol–water partition coefficient (Wildman–Crippen LogP) is 4.71. The molecule has 2 aromatic rings. The molecule has 3 N–H and O–H groups in total. The van der Waals surface area contributed by atoms with Gasteiger partial charge in [0.15, 0.2) is 0 Å². The third-order valence-electron chi connectivity index (χ3n) is 4.17. The number of nitrogens with one attached hydrogen (secondary N) is 1. The van der Waals surface area contributed by atoms with Crippen molar-refractivity contribution in [2.24, 2.45) is 5.73 Å². The highest BCUT2D eigenvalue weighted by molar-refractivity contribution is 5.64. The lowest BCUT2D eigenvalue weighted by Crippen LogP contribution is -2.15. The first-order valence-electron chi connectivity index (χ1n) is 7.79. The lowest BCUT2D eigenvalue weighted by Gasteiger charge is -2.23. The molecule has 0 aliphatic heterocycles. The number of benzene rings is 2. The number of hydrogen-bond acceptors (Lipinski definition) is 3. The van der Waals surface area contributed by atoms with Crippen molar-refractivity contribution in [3.8, 4) is 0 Å². The average molecular weight is 312 g/mol. The zero-order chi connectivity index (χ0) is 16.9. The van der Waals surface area contributed by atoms with Gasteiger partial charge in [-0.1, -0.05) is 45.0 Å². The van der Waals surface area contributed by atoms with Crippen LogP contribution in [-0.4, -0.2) is 6.09 Å². The molecule has 0 unspecified atom stereocenters. The van der Waals surface area contributed by atoms with Crippen molar-refractivity contribution < 1.29 is 9.53 Å². The van der Waals surface area contributed by atoms with Gasteiger partial charge in [-0.2, -0.15) is 0 Å². The van der Waals surface area contributed by atoms with Crippen LogP contribution in [-0.2, 0) is 16.8 Å². The Hall–Kier alpha value is -2.49. The molecule has 0 aliphatic rings. The van der Waals surface area contributed by atoms with E-state index in [1.54, 1.807) is 0 Å². The number of hydrogen-bond donors (Lipinski definition) is 2. The maximum Gasteiger partial charge on any atom is 0.404 e. The van der Waals surface area contributed by atoms with E-state index < -0.39 is 6.09 Å². The smallest absolute Gasteiger partial charge is 0.404 e. The zero-order valence-electron chi connectivity index (χ0n) is 13.9. The van der Waals surface area contributed by atoms with Crippen LogP contribution < -0.4 is 11.1 Å². The van der Waals surface area contributed by atoms with Crippen LogP contribution in [0.25, 0.3) is 0 Å². The number of nitrogens with two attached hydrogens (primary N) is 1. The Balaban J connectivity index is 2.00. The summed E-state index contributed by atoms with van der Waals surface area (Å²) in [6.45, 7) is 6.90. The third-order valence-corrected chi connectivity index (χ3v) is 4.17. The van der Waals surface area contributed by atoms with Crippen molar-refractivity contribution in [3.63, 3.8) is 0 Å². The molecule has 2 aromatic carbocycles. The molecule has 0 spiro atoms. The number of ether oxygens (including phenoxy) is 1. The van der Waals surface area contributed by atoms with E-state index in [4.69, 9.17) is 10.5 Å². The van der Waals surface area contributed by atoms with Gasteiger partial charge in [0, 0.05) is 11.4 Å². The Morgan fingerprint density at radius 2 is 1.57 bits per heavy atom. The second-order valence-electron chi connectivity index (χ2n) is 6.24. The molecule has 0 saturated carbocycles. The van der Waals surface area contributed by atoms with Crippen LogP contribution >= 0.6 is 0 Å². The van der Waals surface area contributed by atoms with Crippen LogP contribution in [0.2, 0.25) is 0 Å². The average Bonchev–Trinajstić information content (AvgIpc) is 2.54. The van der Waals surface area contributed by atoms with Crippen molar-refractivity contribution in [1.82, 2.24) is 0 Å². The lowest BCUT2D eigenvalue weighted by molar-refractivity contribution is 0.150. The molecule has 122 valence electrons.